The van der Waals surface area contributed by atoms with Crippen molar-refractivity contribution in [2.24, 2.45) is 0 Å². The van der Waals surface area contributed by atoms with Gasteiger partial charge in [-0.25, -0.2) is 4.39 Å². The van der Waals surface area contributed by atoms with Crippen molar-refractivity contribution in [2.45, 2.75) is 26.0 Å². The Bertz CT molecular complexity index is 1080. The van der Waals surface area contributed by atoms with Gasteiger partial charge in [0.1, 0.15) is 18.2 Å². The normalized spacial score (nSPS) is 13.3. The summed E-state index contributed by atoms with van der Waals surface area (Å²) in [4.78, 5) is 26.5. The molecule has 1 heterocycles. The largest absolute Gasteiger partial charge is 0.488 e. The molecule has 1 aliphatic rings. The summed E-state index contributed by atoms with van der Waals surface area (Å²) in [6.07, 6.45) is 1.45. The Morgan fingerprint density at radius 1 is 1.00 bits per heavy atom. The fourth-order valence-corrected chi connectivity index (χ4v) is 3.55. The number of amides is 2. The van der Waals surface area contributed by atoms with Crippen LogP contribution in [0.5, 0.6) is 5.75 Å². The summed E-state index contributed by atoms with van der Waals surface area (Å²) in [6.45, 7) is 1.30. The van der Waals surface area contributed by atoms with Crippen LogP contribution >= 0.6 is 0 Å². The first-order chi connectivity index (χ1) is 15.1. The molecule has 158 valence electrons. The van der Waals surface area contributed by atoms with Gasteiger partial charge in [-0.05, 0) is 53.9 Å². The highest BCUT2D eigenvalue weighted by Gasteiger charge is 2.21. The van der Waals surface area contributed by atoms with Crippen molar-refractivity contribution in [3.63, 3.8) is 0 Å². The third-order valence-corrected chi connectivity index (χ3v) is 5.19. The van der Waals surface area contributed by atoms with Gasteiger partial charge in [-0.3, -0.25) is 9.59 Å². The number of nitrogens with zero attached hydrogens (tertiary/aromatic N) is 1. The van der Waals surface area contributed by atoms with Gasteiger partial charge in [0, 0.05) is 25.2 Å². The lowest BCUT2D eigenvalue weighted by Gasteiger charge is -2.17. The molecule has 5 nitrogen and oxygen atoms in total. The lowest BCUT2D eigenvalue weighted by atomic mass is 10.1. The second-order valence-electron chi connectivity index (χ2n) is 7.41. The topological polar surface area (TPSA) is 58.6 Å². The van der Waals surface area contributed by atoms with Crippen LogP contribution in [-0.4, -0.2) is 18.4 Å². The summed E-state index contributed by atoms with van der Waals surface area (Å²) in [5.74, 6) is 0.0354. The van der Waals surface area contributed by atoms with Crippen molar-refractivity contribution in [2.75, 3.05) is 11.4 Å². The predicted octanol–water partition coefficient (Wildman–Crippen LogP) is 4.46. The summed E-state index contributed by atoms with van der Waals surface area (Å²) in [5.41, 5.74) is 3.01. The van der Waals surface area contributed by atoms with Gasteiger partial charge in [0.05, 0.1) is 5.56 Å². The minimum atomic E-state index is -0.304. The number of hydrogen-bond donors (Lipinski definition) is 1. The Morgan fingerprint density at radius 3 is 2.58 bits per heavy atom. The molecule has 3 aromatic carbocycles. The third-order valence-electron chi connectivity index (χ3n) is 5.19. The molecule has 1 fully saturated rings. The van der Waals surface area contributed by atoms with Crippen LogP contribution in [0, 0.1) is 5.82 Å². The number of hydrogen-bond acceptors (Lipinski definition) is 3. The second-order valence-corrected chi connectivity index (χ2v) is 7.41. The van der Waals surface area contributed by atoms with Crippen LogP contribution < -0.4 is 15.0 Å². The molecule has 1 aliphatic heterocycles. The Hall–Kier alpha value is -3.67. The lowest BCUT2D eigenvalue weighted by molar-refractivity contribution is -0.117. The molecule has 1 N–H and O–H groups in total. The molecule has 1 saturated heterocycles. The van der Waals surface area contributed by atoms with Gasteiger partial charge >= 0.3 is 0 Å². The van der Waals surface area contributed by atoms with Gasteiger partial charge in [-0.15, -0.1) is 0 Å². The minimum absolute atomic E-state index is 0.133. The summed E-state index contributed by atoms with van der Waals surface area (Å²) in [6, 6.07) is 20.7. The highest BCUT2D eigenvalue weighted by molar-refractivity contribution is 5.97. The van der Waals surface area contributed by atoms with E-state index in [9.17, 15) is 14.0 Å². The van der Waals surface area contributed by atoms with Crippen LogP contribution in [0.25, 0.3) is 0 Å². The van der Waals surface area contributed by atoms with E-state index in [0.717, 1.165) is 29.8 Å². The van der Waals surface area contributed by atoms with Crippen LogP contribution in [0.1, 0.15) is 34.3 Å². The second kappa shape index (κ2) is 9.43. The summed E-state index contributed by atoms with van der Waals surface area (Å²) >= 11 is 0. The van der Waals surface area contributed by atoms with E-state index in [-0.39, 0.29) is 24.2 Å². The number of benzene rings is 3. The zero-order valence-corrected chi connectivity index (χ0v) is 17.0. The van der Waals surface area contributed by atoms with Crippen LogP contribution in [0.3, 0.4) is 0 Å². The average molecular weight is 418 g/mol. The Kier molecular flexibility index (Phi) is 6.26. The van der Waals surface area contributed by atoms with Crippen molar-refractivity contribution < 1.29 is 18.7 Å². The van der Waals surface area contributed by atoms with Gasteiger partial charge in [0.25, 0.3) is 5.91 Å². The molecule has 0 aromatic heterocycles. The number of rotatable bonds is 7. The maximum absolute atomic E-state index is 13.1. The standard InChI is InChI=1S/C25H23FN2O3/c26-20-12-10-18(11-13-20)17-31-23-8-2-1-7-22(23)25(30)27-16-19-5-3-6-21(15-19)28-14-4-9-24(28)29/h1-3,5-8,10-13,15H,4,9,14,16-17H2,(H,27,30). The molecule has 0 spiro atoms. The molecule has 31 heavy (non-hydrogen) atoms. The maximum atomic E-state index is 13.1. The van der Waals surface area contributed by atoms with Gasteiger partial charge in [-0.1, -0.05) is 36.4 Å². The highest BCUT2D eigenvalue weighted by Crippen LogP contribution is 2.23. The number of para-hydroxylation sites is 1. The van der Waals surface area contributed by atoms with E-state index in [1.165, 1.54) is 12.1 Å². The van der Waals surface area contributed by atoms with E-state index in [0.29, 0.717) is 24.3 Å². The van der Waals surface area contributed by atoms with Crippen LogP contribution in [0.4, 0.5) is 10.1 Å². The molecule has 0 radical (unpaired) electrons. The number of anilines is 1. The maximum Gasteiger partial charge on any atom is 0.255 e. The van der Waals surface area contributed by atoms with Crippen molar-refractivity contribution >= 4 is 17.5 Å². The van der Waals surface area contributed by atoms with E-state index in [1.54, 1.807) is 41.3 Å². The molecule has 4 rings (SSSR count). The molecule has 0 saturated carbocycles. The number of carbonyl (C=O) groups is 2. The first-order valence-corrected chi connectivity index (χ1v) is 10.2. The number of carbonyl (C=O) groups excluding carboxylic acids is 2. The molecular formula is C25H23FN2O3. The van der Waals surface area contributed by atoms with E-state index >= 15 is 0 Å². The molecular weight excluding hydrogens is 395 g/mol. The van der Waals surface area contributed by atoms with E-state index in [4.69, 9.17) is 4.74 Å². The van der Waals surface area contributed by atoms with E-state index < -0.39 is 0 Å². The minimum Gasteiger partial charge on any atom is -0.488 e. The fourth-order valence-electron chi connectivity index (χ4n) is 3.55. The Labute approximate surface area is 180 Å². The molecule has 0 bridgehead atoms. The fraction of sp³-hybridized carbons (Fsp3) is 0.200. The predicted molar refractivity (Wildman–Crippen MR) is 116 cm³/mol. The lowest BCUT2D eigenvalue weighted by Crippen LogP contribution is -2.25. The Morgan fingerprint density at radius 2 is 1.81 bits per heavy atom. The highest BCUT2D eigenvalue weighted by atomic mass is 19.1. The van der Waals surface area contributed by atoms with Crippen molar-refractivity contribution in [3.05, 3.63) is 95.3 Å². The van der Waals surface area contributed by atoms with Gasteiger partial charge in [0.15, 0.2) is 0 Å². The van der Waals surface area contributed by atoms with Gasteiger partial charge in [-0.2, -0.15) is 0 Å². The van der Waals surface area contributed by atoms with Crippen LogP contribution in [0.2, 0.25) is 0 Å². The van der Waals surface area contributed by atoms with Crippen LogP contribution in [-0.2, 0) is 17.9 Å². The van der Waals surface area contributed by atoms with Gasteiger partial charge < -0.3 is 15.0 Å². The summed E-state index contributed by atoms with van der Waals surface area (Å²) < 4.78 is 18.9. The first-order valence-electron chi connectivity index (χ1n) is 10.2. The molecule has 6 heteroatoms. The van der Waals surface area contributed by atoms with Crippen molar-refractivity contribution in [1.29, 1.82) is 0 Å². The number of halogens is 1. The Balaban J connectivity index is 1.40. The smallest absolute Gasteiger partial charge is 0.255 e. The van der Waals surface area contributed by atoms with Gasteiger partial charge in [0.2, 0.25) is 5.91 Å². The molecule has 0 aliphatic carbocycles. The molecule has 0 atom stereocenters. The quantitative estimate of drug-likeness (QED) is 0.616. The van der Waals surface area contributed by atoms with Crippen molar-refractivity contribution in [1.82, 2.24) is 5.32 Å². The summed E-state index contributed by atoms with van der Waals surface area (Å²) in [7, 11) is 0. The average Bonchev–Trinajstić information content (AvgIpc) is 3.23. The van der Waals surface area contributed by atoms with E-state index in [2.05, 4.69) is 5.32 Å². The third kappa shape index (κ3) is 5.09. The molecule has 3 aromatic rings. The number of nitrogens with one attached hydrogen (secondary N) is 1. The zero-order valence-electron chi connectivity index (χ0n) is 17.0. The van der Waals surface area contributed by atoms with E-state index in [1.807, 2.05) is 24.3 Å². The molecule has 0 unspecified atom stereocenters. The first kappa shape index (κ1) is 20.6. The van der Waals surface area contributed by atoms with Crippen LogP contribution in [0.15, 0.2) is 72.8 Å². The SMILES string of the molecule is O=C(NCc1cccc(N2CCCC2=O)c1)c1ccccc1OCc1ccc(F)cc1. The molecule has 2 amide bonds. The van der Waals surface area contributed by atoms with Crippen molar-refractivity contribution in [3.8, 4) is 5.75 Å². The number of ether oxygens (including phenoxy) is 1. The zero-order chi connectivity index (χ0) is 21.6. The summed E-state index contributed by atoms with van der Waals surface area (Å²) in [5, 5.41) is 2.92. The monoisotopic (exact) mass is 418 g/mol.